The molecule has 1 aromatic carbocycles. The molecule has 1 heterocycles. The van der Waals surface area contributed by atoms with Crippen LogP contribution in [0.3, 0.4) is 0 Å². The van der Waals surface area contributed by atoms with Gasteiger partial charge in [0.05, 0.1) is 6.04 Å². The number of nitrogens with one attached hydrogen (secondary N) is 2. The van der Waals surface area contributed by atoms with Gasteiger partial charge in [-0.3, -0.25) is 4.79 Å². The maximum Gasteiger partial charge on any atom is 0.241 e. The zero-order valence-corrected chi connectivity index (χ0v) is 11.1. The Bertz CT molecular complexity index is 408. The van der Waals surface area contributed by atoms with Crippen molar-refractivity contribution in [2.24, 2.45) is 0 Å². The standard InChI is InChI=1S/C14H18N2O.ClH/c17-14(13-2-1-9-15-13)16-12-7-5-11(6-8-12)10-3-4-10;/h5-8,10,13,15H,1-4,9H2,(H,16,17);1H/t13-;/m1./s1. The Hall–Kier alpha value is -1.06. The van der Waals surface area contributed by atoms with E-state index in [0.29, 0.717) is 0 Å². The Morgan fingerprint density at radius 3 is 2.44 bits per heavy atom. The molecule has 4 heteroatoms. The van der Waals surface area contributed by atoms with Crippen LogP contribution >= 0.6 is 12.4 Å². The van der Waals surface area contributed by atoms with Gasteiger partial charge in [-0.1, -0.05) is 12.1 Å². The van der Waals surface area contributed by atoms with E-state index in [0.717, 1.165) is 31.0 Å². The molecule has 1 amide bonds. The van der Waals surface area contributed by atoms with Crippen molar-refractivity contribution in [1.29, 1.82) is 0 Å². The van der Waals surface area contributed by atoms with Gasteiger partial charge in [0.2, 0.25) is 5.91 Å². The predicted octanol–water partition coefficient (Wildman–Crippen LogP) is 2.68. The van der Waals surface area contributed by atoms with Crippen LogP contribution in [-0.4, -0.2) is 18.5 Å². The molecule has 2 aliphatic rings. The van der Waals surface area contributed by atoms with Gasteiger partial charge in [0, 0.05) is 5.69 Å². The molecule has 0 bridgehead atoms. The molecule has 1 saturated carbocycles. The molecule has 2 fully saturated rings. The zero-order valence-electron chi connectivity index (χ0n) is 10.3. The van der Waals surface area contributed by atoms with E-state index in [-0.39, 0.29) is 24.4 Å². The van der Waals surface area contributed by atoms with E-state index in [2.05, 4.69) is 22.8 Å². The van der Waals surface area contributed by atoms with Crippen LogP contribution in [0, 0.1) is 0 Å². The average Bonchev–Trinajstić information content (AvgIpc) is 3.05. The summed E-state index contributed by atoms with van der Waals surface area (Å²) in [6.07, 6.45) is 4.68. The van der Waals surface area contributed by atoms with Crippen LogP contribution in [0.4, 0.5) is 5.69 Å². The molecule has 3 nitrogen and oxygen atoms in total. The maximum atomic E-state index is 11.9. The molecule has 98 valence electrons. The summed E-state index contributed by atoms with van der Waals surface area (Å²) in [6, 6.07) is 8.30. The minimum Gasteiger partial charge on any atom is -0.325 e. The topological polar surface area (TPSA) is 41.1 Å². The minimum absolute atomic E-state index is 0. The van der Waals surface area contributed by atoms with Crippen molar-refractivity contribution in [2.45, 2.75) is 37.6 Å². The second-order valence-electron chi connectivity index (χ2n) is 5.03. The quantitative estimate of drug-likeness (QED) is 0.883. The lowest BCUT2D eigenvalue weighted by atomic mass is 10.1. The van der Waals surface area contributed by atoms with Crippen molar-refractivity contribution in [1.82, 2.24) is 5.32 Å². The fourth-order valence-corrected chi connectivity index (χ4v) is 2.39. The van der Waals surface area contributed by atoms with Gasteiger partial charge < -0.3 is 10.6 Å². The van der Waals surface area contributed by atoms with Crippen LogP contribution in [0.5, 0.6) is 0 Å². The van der Waals surface area contributed by atoms with E-state index in [1.807, 2.05) is 12.1 Å². The van der Waals surface area contributed by atoms with Crippen molar-refractivity contribution in [3.05, 3.63) is 29.8 Å². The summed E-state index contributed by atoms with van der Waals surface area (Å²) < 4.78 is 0. The Balaban J connectivity index is 0.00000120. The second kappa shape index (κ2) is 5.72. The summed E-state index contributed by atoms with van der Waals surface area (Å²) in [7, 11) is 0. The van der Waals surface area contributed by atoms with Gasteiger partial charge in [0.15, 0.2) is 0 Å². The lowest BCUT2D eigenvalue weighted by Gasteiger charge is -2.11. The highest BCUT2D eigenvalue weighted by atomic mass is 35.5. The largest absolute Gasteiger partial charge is 0.325 e. The molecular weight excluding hydrogens is 248 g/mol. The molecule has 3 rings (SSSR count). The lowest BCUT2D eigenvalue weighted by molar-refractivity contribution is -0.117. The number of carbonyl (C=O) groups excluding carboxylic acids is 1. The minimum atomic E-state index is -0.00175. The summed E-state index contributed by atoms with van der Waals surface area (Å²) in [5, 5.41) is 6.17. The summed E-state index contributed by atoms with van der Waals surface area (Å²) in [4.78, 5) is 11.9. The predicted molar refractivity (Wildman–Crippen MR) is 75.3 cm³/mol. The van der Waals surface area contributed by atoms with Crippen LogP contribution in [0.1, 0.15) is 37.2 Å². The number of halogens is 1. The second-order valence-corrected chi connectivity index (χ2v) is 5.03. The number of amides is 1. The Labute approximate surface area is 114 Å². The first-order valence-corrected chi connectivity index (χ1v) is 6.47. The number of hydrogen-bond donors (Lipinski definition) is 2. The number of anilines is 1. The van der Waals surface area contributed by atoms with Gasteiger partial charge in [-0.15, -0.1) is 12.4 Å². The summed E-state index contributed by atoms with van der Waals surface area (Å²) in [5.74, 6) is 0.873. The molecule has 0 spiro atoms. The summed E-state index contributed by atoms with van der Waals surface area (Å²) in [6.45, 7) is 0.957. The number of hydrogen-bond acceptors (Lipinski definition) is 2. The van der Waals surface area contributed by atoms with Crippen LogP contribution in [0.2, 0.25) is 0 Å². The molecule has 18 heavy (non-hydrogen) atoms. The maximum absolute atomic E-state index is 11.9. The Morgan fingerprint density at radius 1 is 1.17 bits per heavy atom. The SMILES string of the molecule is Cl.O=C(Nc1ccc(C2CC2)cc1)[C@H]1CCCN1. The molecule has 0 radical (unpaired) electrons. The molecule has 1 aliphatic heterocycles. The molecular formula is C14H19ClN2O. The first kappa shape index (κ1) is 13.4. The third-order valence-electron chi connectivity index (χ3n) is 3.60. The van der Waals surface area contributed by atoms with Crippen molar-refractivity contribution >= 4 is 24.0 Å². The van der Waals surface area contributed by atoms with Gasteiger partial charge in [-0.25, -0.2) is 0 Å². The van der Waals surface area contributed by atoms with E-state index in [9.17, 15) is 4.79 Å². The van der Waals surface area contributed by atoms with Crippen molar-refractivity contribution in [3.8, 4) is 0 Å². The molecule has 0 aromatic heterocycles. The monoisotopic (exact) mass is 266 g/mol. The zero-order chi connectivity index (χ0) is 11.7. The molecule has 0 unspecified atom stereocenters. The van der Waals surface area contributed by atoms with Gasteiger partial charge in [0.1, 0.15) is 0 Å². The smallest absolute Gasteiger partial charge is 0.241 e. The normalized spacial score (nSPS) is 22.3. The molecule has 1 aromatic rings. The number of rotatable bonds is 3. The van der Waals surface area contributed by atoms with Crippen LogP contribution < -0.4 is 10.6 Å². The van der Waals surface area contributed by atoms with E-state index >= 15 is 0 Å². The Morgan fingerprint density at radius 2 is 1.89 bits per heavy atom. The van der Waals surface area contributed by atoms with Crippen molar-refractivity contribution < 1.29 is 4.79 Å². The van der Waals surface area contributed by atoms with E-state index in [1.54, 1.807) is 0 Å². The number of benzene rings is 1. The number of carbonyl (C=O) groups is 1. The fourth-order valence-electron chi connectivity index (χ4n) is 2.39. The van der Waals surface area contributed by atoms with Gasteiger partial charge in [-0.05, 0) is 55.8 Å². The van der Waals surface area contributed by atoms with Gasteiger partial charge in [-0.2, -0.15) is 0 Å². The first-order valence-electron chi connectivity index (χ1n) is 6.47. The third-order valence-corrected chi connectivity index (χ3v) is 3.60. The van der Waals surface area contributed by atoms with E-state index in [4.69, 9.17) is 0 Å². The molecule has 1 saturated heterocycles. The van der Waals surface area contributed by atoms with E-state index < -0.39 is 0 Å². The van der Waals surface area contributed by atoms with Gasteiger partial charge >= 0.3 is 0 Å². The summed E-state index contributed by atoms with van der Waals surface area (Å²) >= 11 is 0. The highest BCUT2D eigenvalue weighted by molar-refractivity contribution is 5.95. The Kier molecular flexibility index (Phi) is 4.25. The van der Waals surface area contributed by atoms with Gasteiger partial charge in [0.25, 0.3) is 0 Å². The van der Waals surface area contributed by atoms with Crippen molar-refractivity contribution in [3.63, 3.8) is 0 Å². The molecule has 1 aliphatic carbocycles. The van der Waals surface area contributed by atoms with Crippen LogP contribution in [0.15, 0.2) is 24.3 Å². The van der Waals surface area contributed by atoms with Crippen LogP contribution in [0.25, 0.3) is 0 Å². The average molecular weight is 267 g/mol. The first-order chi connectivity index (χ1) is 8.33. The molecule has 2 N–H and O–H groups in total. The highest BCUT2D eigenvalue weighted by Gasteiger charge is 2.24. The van der Waals surface area contributed by atoms with E-state index in [1.165, 1.54) is 18.4 Å². The lowest BCUT2D eigenvalue weighted by Crippen LogP contribution is -2.35. The third kappa shape index (κ3) is 3.03. The van der Waals surface area contributed by atoms with Crippen LogP contribution in [-0.2, 0) is 4.79 Å². The molecule has 1 atom stereocenters. The van der Waals surface area contributed by atoms with Crippen molar-refractivity contribution in [2.75, 3.05) is 11.9 Å². The summed E-state index contributed by atoms with van der Waals surface area (Å²) in [5.41, 5.74) is 2.31. The fraction of sp³-hybridized carbons (Fsp3) is 0.500. The highest BCUT2D eigenvalue weighted by Crippen LogP contribution is 2.40.